The third-order valence-corrected chi connectivity index (χ3v) is 5.52. The Labute approximate surface area is 144 Å². The molecule has 140 valence electrons. The molecule has 2 aliphatic rings. The first kappa shape index (κ1) is 19.7. The summed E-state index contributed by atoms with van der Waals surface area (Å²) in [6.45, 7) is 5.29. The van der Waals surface area contributed by atoms with Gasteiger partial charge in [-0.05, 0) is 60.8 Å². The number of halogens is 4. The normalized spacial score (nSPS) is 22.6. The monoisotopic (exact) mass is 361 g/mol. The molecule has 3 rings (SSSR count). The summed E-state index contributed by atoms with van der Waals surface area (Å²) in [4.78, 5) is 8.90. The molecule has 1 unspecified atom stereocenters. The van der Waals surface area contributed by atoms with E-state index in [2.05, 4.69) is 19.9 Å². The van der Waals surface area contributed by atoms with Gasteiger partial charge in [-0.2, -0.15) is 13.2 Å². The molecule has 3 N–H and O–H groups in total. The maximum atomic E-state index is 14.3. The van der Waals surface area contributed by atoms with Crippen LogP contribution in [0.3, 0.4) is 0 Å². The number of benzene rings is 1. The number of carbonyl (C=O) groups is 1. The van der Waals surface area contributed by atoms with E-state index in [1.54, 1.807) is 6.07 Å². The standard InChI is InChI=1S/C16H22FN.C2HF3O2/c1-15(2)10-11(6-9-18)12-4-3-5-13(17)14(12)16(15)7-8-16;3-2(4,5)1(6)7/h3-5,11H,6-10,18H2,1-2H3;(H,6,7). The molecule has 0 heterocycles. The second kappa shape index (κ2) is 6.59. The van der Waals surface area contributed by atoms with Crippen molar-refractivity contribution in [3.05, 3.63) is 35.1 Å². The van der Waals surface area contributed by atoms with Gasteiger partial charge in [0, 0.05) is 5.41 Å². The minimum Gasteiger partial charge on any atom is -0.475 e. The van der Waals surface area contributed by atoms with E-state index in [0.29, 0.717) is 12.5 Å². The molecule has 0 saturated heterocycles. The second-order valence-electron chi connectivity index (χ2n) is 7.45. The summed E-state index contributed by atoms with van der Waals surface area (Å²) < 4.78 is 46.1. The molecular weight excluding hydrogens is 338 g/mol. The zero-order valence-electron chi connectivity index (χ0n) is 14.3. The van der Waals surface area contributed by atoms with Gasteiger partial charge in [-0.25, -0.2) is 9.18 Å². The number of carboxylic acid groups (broad SMARTS) is 1. The molecule has 0 aliphatic heterocycles. The molecular formula is C18H23F4NO2. The number of aliphatic carboxylic acids is 1. The van der Waals surface area contributed by atoms with Gasteiger partial charge >= 0.3 is 12.1 Å². The summed E-state index contributed by atoms with van der Waals surface area (Å²) in [5.41, 5.74) is 8.29. The molecule has 7 heteroatoms. The van der Waals surface area contributed by atoms with E-state index in [-0.39, 0.29) is 16.6 Å². The maximum Gasteiger partial charge on any atom is 0.490 e. The highest BCUT2D eigenvalue weighted by molar-refractivity contribution is 5.73. The fraction of sp³-hybridized carbons (Fsp3) is 0.611. The van der Waals surface area contributed by atoms with Crippen LogP contribution in [0.4, 0.5) is 17.6 Å². The lowest BCUT2D eigenvalue weighted by atomic mass is 9.59. The molecule has 0 amide bonds. The van der Waals surface area contributed by atoms with E-state index < -0.39 is 12.1 Å². The molecule has 0 aromatic heterocycles. The highest BCUT2D eigenvalue weighted by Crippen LogP contribution is 2.67. The highest BCUT2D eigenvalue weighted by Gasteiger charge is 2.60. The Bertz CT molecular complexity index is 651. The number of hydrogen-bond acceptors (Lipinski definition) is 2. The van der Waals surface area contributed by atoms with Crippen LogP contribution in [0.2, 0.25) is 0 Å². The predicted octanol–water partition coefficient (Wildman–Crippen LogP) is 4.35. The maximum absolute atomic E-state index is 14.3. The van der Waals surface area contributed by atoms with E-state index in [1.807, 2.05) is 6.07 Å². The van der Waals surface area contributed by atoms with Gasteiger partial charge in [0.15, 0.2) is 0 Å². The zero-order chi connectivity index (χ0) is 19.0. The lowest BCUT2D eigenvalue weighted by Crippen LogP contribution is -2.38. The fourth-order valence-electron chi connectivity index (χ4n) is 4.16. The van der Waals surface area contributed by atoms with E-state index in [1.165, 1.54) is 5.56 Å². The van der Waals surface area contributed by atoms with Crippen molar-refractivity contribution in [3.8, 4) is 0 Å². The minimum atomic E-state index is -5.08. The van der Waals surface area contributed by atoms with Gasteiger partial charge in [-0.15, -0.1) is 0 Å². The molecule has 1 aromatic rings. The summed E-state index contributed by atoms with van der Waals surface area (Å²) in [5.74, 6) is -2.32. The first-order chi connectivity index (χ1) is 11.5. The van der Waals surface area contributed by atoms with Crippen LogP contribution in [0, 0.1) is 11.2 Å². The minimum absolute atomic E-state index is 0.000188. The topological polar surface area (TPSA) is 63.3 Å². The molecule has 0 radical (unpaired) electrons. The summed E-state index contributed by atoms with van der Waals surface area (Å²) in [6, 6.07) is 5.60. The number of rotatable bonds is 2. The quantitative estimate of drug-likeness (QED) is 0.770. The van der Waals surface area contributed by atoms with Crippen LogP contribution in [0.15, 0.2) is 18.2 Å². The van der Waals surface area contributed by atoms with Crippen LogP contribution in [0.25, 0.3) is 0 Å². The third-order valence-electron chi connectivity index (χ3n) is 5.52. The van der Waals surface area contributed by atoms with Crippen LogP contribution in [-0.4, -0.2) is 23.8 Å². The van der Waals surface area contributed by atoms with Crippen LogP contribution in [0.5, 0.6) is 0 Å². The molecule has 1 fully saturated rings. The van der Waals surface area contributed by atoms with Gasteiger partial charge in [0.25, 0.3) is 0 Å². The number of hydrogen-bond donors (Lipinski definition) is 2. The van der Waals surface area contributed by atoms with Crippen molar-refractivity contribution in [1.29, 1.82) is 0 Å². The van der Waals surface area contributed by atoms with Gasteiger partial charge in [0.1, 0.15) is 5.82 Å². The molecule has 25 heavy (non-hydrogen) atoms. The lowest BCUT2D eigenvalue weighted by Gasteiger charge is -2.45. The predicted molar refractivity (Wildman–Crippen MR) is 85.8 cm³/mol. The highest BCUT2D eigenvalue weighted by atomic mass is 19.4. The van der Waals surface area contributed by atoms with Crippen molar-refractivity contribution < 1.29 is 27.5 Å². The van der Waals surface area contributed by atoms with Gasteiger partial charge in [0.2, 0.25) is 0 Å². The van der Waals surface area contributed by atoms with E-state index >= 15 is 0 Å². The molecule has 1 spiro atoms. The van der Waals surface area contributed by atoms with Crippen molar-refractivity contribution >= 4 is 5.97 Å². The van der Waals surface area contributed by atoms with Gasteiger partial charge < -0.3 is 10.8 Å². The first-order valence-corrected chi connectivity index (χ1v) is 8.25. The van der Waals surface area contributed by atoms with Crippen LogP contribution in [-0.2, 0) is 10.2 Å². The third kappa shape index (κ3) is 3.66. The van der Waals surface area contributed by atoms with Crippen molar-refractivity contribution in [2.45, 2.75) is 57.0 Å². The van der Waals surface area contributed by atoms with Crippen molar-refractivity contribution in [1.82, 2.24) is 0 Å². The Kier molecular flexibility index (Phi) is 5.19. The summed E-state index contributed by atoms with van der Waals surface area (Å²) >= 11 is 0. The molecule has 0 bridgehead atoms. The van der Waals surface area contributed by atoms with Gasteiger partial charge in [-0.1, -0.05) is 26.0 Å². The average Bonchev–Trinajstić information content (AvgIpc) is 3.26. The van der Waals surface area contributed by atoms with Crippen molar-refractivity contribution in [2.75, 3.05) is 6.54 Å². The van der Waals surface area contributed by atoms with Crippen molar-refractivity contribution in [2.24, 2.45) is 11.1 Å². The molecule has 2 aliphatic carbocycles. The van der Waals surface area contributed by atoms with Gasteiger partial charge in [0.05, 0.1) is 0 Å². The van der Waals surface area contributed by atoms with E-state index in [9.17, 15) is 17.6 Å². The Balaban J connectivity index is 0.000000277. The Morgan fingerprint density at radius 2 is 1.88 bits per heavy atom. The van der Waals surface area contributed by atoms with Crippen LogP contribution >= 0.6 is 0 Å². The summed E-state index contributed by atoms with van der Waals surface area (Å²) in [7, 11) is 0. The average molecular weight is 361 g/mol. The number of nitrogens with two attached hydrogens (primary N) is 1. The molecule has 1 saturated carbocycles. The number of alkyl halides is 3. The molecule has 3 nitrogen and oxygen atoms in total. The molecule has 1 aromatic carbocycles. The number of fused-ring (bicyclic) bond motifs is 2. The second-order valence-corrected chi connectivity index (χ2v) is 7.45. The zero-order valence-corrected chi connectivity index (χ0v) is 14.3. The smallest absolute Gasteiger partial charge is 0.475 e. The molecule has 1 atom stereocenters. The Morgan fingerprint density at radius 3 is 2.32 bits per heavy atom. The van der Waals surface area contributed by atoms with Gasteiger partial charge in [-0.3, -0.25) is 0 Å². The lowest BCUT2D eigenvalue weighted by molar-refractivity contribution is -0.192. The Morgan fingerprint density at radius 1 is 1.32 bits per heavy atom. The van der Waals surface area contributed by atoms with Crippen LogP contribution in [0.1, 0.15) is 56.6 Å². The summed E-state index contributed by atoms with van der Waals surface area (Å²) in [5, 5.41) is 7.12. The fourth-order valence-corrected chi connectivity index (χ4v) is 4.16. The van der Waals surface area contributed by atoms with E-state index in [0.717, 1.165) is 31.2 Å². The van der Waals surface area contributed by atoms with E-state index in [4.69, 9.17) is 15.6 Å². The summed E-state index contributed by atoms with van der Waals surface area (Å²) in [6.07, 6.45) is -0.691. The van der Waals surface area contributed by atoms with Crippen LogP contribution < -0.4 is 5.73 Å². The Hall–Kier alpha value is -1.63. The SMILES string of the molecule is CC1(C)CC(CCN)c2cccc(F)c2C12CC2.O=C(O)C(F)(F)F. The first-order valence-electron chi connectivity index (χ1n) is 8.25. The number of carboxylic acids is 1. The largest absolute Gasteiger partial charge is 0.490 e. The van der Waals surface area contributed by atoms with Crippen molar-refractivity contribution in [3.63, 3.8) is 0 Å².